The highest BCUT2D eigenvalue weighted by Gasteiger charge is 2.26. The Morgan fingerprint density at radius 1 is 1.41 bits per heavy atom. The van der Waals surface area contributed by atoms with Gasteiger partial charge in [0.1, 0.15) is 0 Å². The van der Waals surface area contributed by atoms with Crippen LogP contribution in [-0.4, -0.2) is 40.2 Å². The molecule has 1 unspecified atom stereocenters. The molecule has 88 valence electrons. The third-order valence-electron chi connectivity index (χ3n) is 3.09. The molecule has 0 amide bonds. The predicted octanol–water partition coefficient (Wildman–Crippen LogP) is 1.55. The topological polar surface area (TPSA) is 55.1 Å². The van der Waals surface area contributed by atoms with E-state index in [0.29, 0.717) is 11.8 Å². The Balaban J connectivity index is 1.84. The molecule has 1 fully saturated rings. The van der Waals surface area contributed by atoms with Crippen LogP contribution in [0.25, 0.3) is 11.5 Å². The first-order valence-electron chi connectivity index (χ1n) is 5.75. The van der Waals surface area contributed by atoms with Gasteiger partial charge in [-0.2, -0.15) is 0 Å². The van der Waals surface area contributed by atoms with E-state index in [9.17, 15) is 0 Å². The zero-order valence-corrected chi connectivity index (χ0v) is 9.71. The van der Waals surface area contributed by atoms with Gasteiger partial charge >= 0.3 is 0 Å². The van der Waals surface area contributed by atoms with E-state index in [1.54, 1.807) is 12.4 Å². The average Bonchev–Trinajstić information content (AvgIpc) is 2.98. The second-order valence-electron chi connectivity index (χ2n) is 4.43. The molecule has 17 heavy (non-hydrogen) atoms. The van der Waals surface area contributed by atoms with Gasteiger partial charge in [-0.05, 0) is 32.1 Å². The summed E-state index contributed by atoms with van der Waals surface area (Å²) >= 11 is 0. The standard InChI is InChI=1S/C12H14N4O/c1-16-6-4-10(8-16)12-15-14-11(17-12)9-3-2-5-13-7-9/h2-3,5,7,10H,4,6,8H2,1H3. The van der Waals surface area contributed by atoms with Gasteiger partial charge in [0.2, 0.25) is 11.8 Å². The summed E-state index contributed by atoms with van der Waals surface area (Å²) in [6.07, 6.45) is 4.55. The van der Waals surface area contributed by atoms with Crippen LogP contribution in [0, 0.1) is 0 Å². The number of aromatic nitrogens is 3. The molecule has 3 rings (SSSR count). The Bertz CT molecular complexity index is 496. The normalized spacial score (nSPS) is 20.9. The maximum Gasteiger partial charge on any atom is 0.249 e. The van der Waals surface area contributed by atoms with Gasteiger partial charge in [0.15, 0.2) is 0 Å². The van der Waals surface area contributed by atoms with E-state index in [1.165, 1.54) is 0 Å². The molecular formula is C12H14N4O. The van der Waals surface area contributed by atoms with Crippen LogP contribution < -0.4 is 0 Å². The molecule has 5 heteroatoms. The minimum absolute atomic E-state index is 0.373. The highest BCUT2D eigenvalue weighted by molar-refractivity contribution is 5.49. The molecule has 0 bridgehead atoms. The Morgan fingerprint density at radius 2 is 2.35 bits per heavy atom. The van der Waals surface area contributed by atoms with Crippen LogP contribution in [0.5, 0.6) is 0 Å². The van der Waals surface area contributed by atoms with Crippen LogP contribution >= 0.6 is 0 Å². The second-order valence-corrected chi connectivity index (χ2v) is 4.43. The summed E-state index contributed by atoms with van der Waals surface area (Å²) in [6.45, 7) is 2.09. The van der Waals surface area contributed by atoms with Gasteiger partial charge in [-0.15, -0.1) is 10.2 Å². The van der Waals surface area contributed by atoms with Crippen molar-refractivity contribution in [2.24, 2.45) is 0 Å². The van der Waals surface area contributed by atoms with Crippen molar-refractivity contribution in [3.63, 3.8) is 0 Å². The summed E-state index contributed by atoms with van der Waals surface area (Å²) in [5.74, 6) is 1.67. The fraction of sp³-hybridized carbons (Fsp3) is 0.417. The van der Waals surface area contributed by atoms with Crippen molar-refractivity contribution in [1.82, 2.24) is 20.1 Å². The molecule has 1 aliphatic heterocycles. The maximum atomic E-state index is 5.71. The molecule has 0 aliphatic carbocycles. The predicted molar refractivity (Wildman–Crippen MR) is 62.4 cm³/mol. The molecule has 0 aromatic carbocycles. The van der Waals surface area contributed by atoms with Crippen LogP contribution in [0.15, 0.2) is 28.9 Å². The van der Waals surface area contributed by atoms with Gasteiger partial charge in [-0.1, -0.05) is 0 Å². The number of pyridine rings is 1. The lowest BCUT2D eigenvalue weighted by Gasteiger charge is -2.05. The molecule has 0 saturated carbocycles. The number of hydrogen-bond acceptors (Lipinski definition) is 5. The minimum Gasteiger partial charge on any atom is -0.420 e. The number of likely N-dealkylation sites (N-methyl/N-ethyl adjacent to an activating group) is 1. The number of hydrogen-bond donors (Lipinski definition) is 0. The molecule has 0 radical (unpaired) electrons. The number of rotatable bonds is 2. The van der Waals surface area contributed by atoms with E-state index < -0.39 is 0 Å². The molecule has 2 aromatic rings. The fourth-order valence-electron chi connectivity index (χ4n) is 2.14. The van der Waals surface area contributed by atoms with Gasteiger partial charge in [-0.25, -0.2) is 0 Å². The smallest absolute Gasteiger partial charge is 0.249 e. The highest BCUT2D eigenvalue weighted by Crippen LogP contribution is 2.27. The third-order valence-corrected chi connectivity index (χ3v) is 3.09. The third kappa shape index (κ3) is 2.06. The summed E-state index contributed by atoms with van der Waals surface area (Å²) in [5, 5.41) is 8.22. The Hall–Kier alpha value is -1.75. The summed E-state index contributed by atoms with van der Waals surface area (Å²) < 4.78 is 5.71. The van der Waals surface area contributed by atoms with E-state index in [2.05, 4.69) is 27.1 Å². The Kier molecular flexibility index (Phi) is 2.60. The van der Waals surface area contributed by atoms with Gasteiger partial charge in [0.25, 0.3) is 0 Å². The van der Waals surface area contributed by atoms with Gasteiger partial charge in [-0.3, -0.25) is 4.98 Å². The van der Waals surface area contributed by atoms with E-state index in [4.69, 9.17) is 4.42 Å². The molecule has 0 N–H and O–H groups in total. The van der Waals surface area contributed by atoms with Crippen LogP contribution in [0.2, 0.25) is 0 Å². The Labute approximate surface area is 99.5 Å². The van der Waals surface area contributed by atoms with E-state index in [-0.39, 0.29) is 0 Å². The second kappa shape index (κ2) is 4.25. The summed E-state index contributed by atoms with van der Waals surface area (Å²) in [5.41, 5.74) is 0.873. The molecule has 1 saturated heterocycles. The minimum atomic E-state index is 0.373. The van der Waals surface area contributed by atoms with Crippen molar-refractivity contribution >= 4 is 0 Å². The maximum absolute atomic E-state index is 5.71. The van der Waals surface area contributed by atoms with Crippen molar-refractivity contribution in [3.05, 3.63) is 30.4 Å². The van der Waals surface area contributed by atoms with Crippen LogP contribution in [0.4, 0.5) is 0 Å². The van der Waals surface area contributed by atoms with Gasteiger partial charge < -0.3 is 9.32 Å². The molecule has 5 nitrogen and oxygen atoms in total. The fourth-order valence-corrected chi connectivity index (χ4v) is 2.14. The van der Waals surface area contributed by atoms with E-state index >= 15 is 0 Å². The monoisotopic (exact) mass is 230 g/mol. The van der Waals surface area contributed by atoms with Crippen molar-refractivity contribution < 1.29 is 4.42 Å². The van der Waals surface area contributed by atoms with Crippen molar-refractivity contribution in [2.75, 3.05) is 20.1 Å². The zero-order chi connectivity index (χ0) is 11.7. The number of nitrogens with zero attached hydrogens (tertiary/aromatic N) is 4. The van der Waals surface area contributed by atoms with Crippen molar-refractivity contribution in [3.8, 4) is 11.5 Å². The van der Waals surface area contributed by atoms with Gasteiger partial charge in [0.05, 0.1) is 11.5 Å². The lowest BCUT2D eigenvalue weighted by atomic mass is 10.1. The number of likely N-dealkylation sites (tertiary alicyclic amines) is 1. The highest BCUT2D eigenvalue weighted by atomic mass is 16.4. The first-order chi connectivity index (χ1) is 8.33. The molecule has 2 aromatic heterocycles. The molecule has 1 aliphatic rings. The summed E-state index contributed by atoms with van der Waals surface area (Å²) in [4.78, 5) is 6.32. The zero-order valence-electron chi connectivity index (χ0n) is 9.71. The summed E-state index contributed by atoms with van der Waals surface area (Å²) in [6, 6.07) is 3.79. The molecule has 0 spiro atoms. The van der Waals surface area contributed by atoms with Crippen LogP contribution in [0.1, 0.15) is 18.2 Å². The lowest BCUT2D eigenvalue weighted by Crippen LogP contribution is -2.13. The van der Waals surface area contributed by atoms with Crippen molar-refractivity contribution in [2.45, 2.75) is 12.3 Å². The lowest BCUT2D eigenvalue weighted by molar-refractivity contribution is 0.394. The SMILES string of the molecule is CN1CCC(c2nnc(-c3cccnc3)o2)C1. The largest absolute Gasteiger partial charge is 0.420 e. The molecule has 3 heterocycles. The van der Waals surface area contributed by atoms with E-state index in [1.807, 2.05) is 12.1 Å². The van der Waals surface area contributed by atoms with Gasteiger partial charge in [0, 0.05) is 18.9 Å². The van der Waals surface area contributed by atoms with Crippen molar-refractivity contribution in [1.29, 1.82) is 0 Å². The van der Waals surface area contributed by atoms with Crippen LogP contribution in [0.3, 0.4) is 0 Å². The van der Waals surface area contributed by atoms with Crippen LogP contribution in [-0.2, 0) is 0 Å². The molecule has 1 atom stereocenters. The first-order valence-corrected chi connectivity index (χ1v) is 5.75. The first kappa shape index (κ1) is 10.4. The quantitative estimate of drug-likeness (QED) is 0.783. The average molecular weight is 230 g/mol. The molecular weight excluding hydrogens is 216 g/mol. The Morgan fingerprint density at radius 3 is 3.06 bits per heavy atom. The van der Waals surface area contributed by atoms with E-state index in [0.717, 1.165) is 31.0 Å². The summed E-state index contributed by atoms with van der Waals surface area (Å²) in [7, 11) is 2.11.